The molecular formula is C12H11N5. The van der Waals surface area contributed by atoms with E-state index >= 15 is 0 Å². The molecule has 0 bridgehead atoms. The quantitative estimate of drug-likeness (QED) is 0.725. The van der Waals surface area contributed by atoms with E-state index in [4.69, 9.17) is 0 Å². The Bertz CT molecular complexity index is 653. The highest BCUT2D eigenvalue weighted by Gasteiger charge is 2.04. The van der Waals surface area contributed by atoms with Gasteiger partial charge in [0, 0.05) is 30.1 Å². The molecule has 84 valence electrons. The van der Waals surface area contributed by atoms with Crippen molar-refractivity contribution < 1.29 is 0 Å². The standard InChI is InChI=1S/C12H11N5/c1-17-7-6-11(16-17)14-12-10-5-3-2-4-9(10)8-13-15-12/h2-8H,1H3,(H,14,15,16). The fraction of sp³-hybridized carbons (Fsp3) is 0.0833. The van der Waals surface area contributed by atoms with Crippen molar-refractivity contribution in [2.75, 3.05) is 5.32 Å². The van der Waals surface area contributed by atoms with E-state index in [1.165, 1.54) is 0 Å². The third kappa shape index (κ3) is 1.82. The molecule has 17 heavy (non-hydrogen) atoms. The van der Waals surface area contributed by atoms with E-state index in [1.54, 1.807) is 10.9 Å². The van der Waals surface area contributed by atoms with E-state index in [2.05, 4.69) is 20.6 Å². The Morgan fingerprint density at radius 1 is 1.18 bits per heavy atom. The molecule has 3 aromatic rings. The van der Waals surface area contributed by atoms with Gasteiger partial charge in [0.05, 0.1) is 6.20 Å². The van der Waals surface area contributed by atoms with Crippen LogP contribution in [0.1, 0.15) is 0 Å². The van der Waals surface area contributed by atoms with Crippen molar-refractivity contribution in [3.63, 3.8) is 0 Å². The predicted octanol–water partition coefficient (Wildman–Crippen LogP) is 2.11. The molecule has 0 aliphatic heterocycles. The molecule has 0 unspecified atom stereocenters. The number of nitrogens with zero attached hydrogens (tertiary/aromatic N) is 4. The SMILES string of the molecule is Cn1ccc(Nc2nncc3ccccc23)n1. The molecule has 1 N–H and O–H groups in total. The average Bonchev–Trinajstić information content (AvgIpc) is 2.75. The van der Waals surface area contributed by atoms with Crippen LogP contribution in [0.4, 0.5) is 11.6 Å². The van der Waals surface area contributed by atoms with E-state index in [-0.39, 0.29) is 0 Å². The molecule has 1 aromatic carbocycles. The second-order valence-corrected chi connectivity index (χ2v) is 3.78. The van der Waals surface area contributed by atoms with Gasteiger partial charge in [0.25, 0.3) is 0 Å². The average molecular weight is 225 g/mol. The van der Waals surface area contributed by atoms with Gasteiger partial charge >= 0.3 is 0 Å². The lowest BCUT2D eigenvalue weighted by Gasteiger charge is -2.04. The highest BCUT2D eigenvalue weighted by Crippen LogP contribution is 2.21. The van der Waals surface area contributed by atoms with Crippen LogP contribution in [0, 0.1) is 0 Å². The minimum atomic E-state index is 0.724. The van der Waals surface area contributed by atoms with Crippen molar-refractivity contribution in [1.29, 1.82) is 0 Å². The summed E-state index contributed by atoms with van der Waals surface area (Å²) in [6.45, 7) is 0. The van der Waals surface area contributed by atoms with Crippen molar-refractivity contribution in [2.24, 2.45) is 7.05 Å². The molecule has 3 rings (SSSR count). The van der Waals surface area contributed by atoms with Crippen molar-refractivity contribution in [3.8, 4) is 0 Å². The smallest absolute Gasteiger partial charge is 0.162 e. The van der Waals surface area contributed by atoms with E-state index in [1.807, 2.05) is 43.6 Å². The molecule has 0 amide bonds. The largest absolute Gasteiger partial charge is 0.321 e. The van der Waals surface area contributed by atoms with Crippen molar-refractivity contribution in [1.82, 2.24) is 20.0 Å². The molecule has 5 heteroatoms. The Morgan fingerprint density at radius 3 is 2.88 bits per heavy atom. The number of rotatable bonds is 2. The van der Waals surface area contributed by atoms with Gasteiger partial charge in [-0.2, -0.15) is 10.2 Å². The predicted molar refractivity (Wildman–Crippen MR) is 66.0 cm³/mol. The minimum Gasteiger partial charge on any atom is -0.321 e. The molecule has 0 radical (unpaired) electrons. The summed E-state index contributed by atoms with van der Waals surface area (Å²) in [6.07, 6.45) is 3.62. The minimum absolute atomic E-state index is 0.724. The fourth-order valence-corrected chi connectivity index (χ4v) is 1.72. The molecule has 0 saturated heterocycles. The highest BCUT2D eigenvalue weighted by atomic mass is 15.3. The van der Waals surface area contributed by atoms with Gasteiger partial charge < -0.3 is 5.32 Å². The number of aryl methyl sites for hydroxylation is 1. The maximum absolute atomic E-state index is 4.25. The second-order valence-electron chi connectivity index (χ2n) is 3.78. The monoisotopic (exact) mass is 225 g/mol. The van der Waals surface area contributed by atoms with Crippen LogP contribution >= 0.6 is 0 Å². The molecule has 2 aromatic heterocycles. The highest BCUT2D eigenvalue weighted by molar-refractivity contribution is 5.92. The van der Waals surface area contributed by atoms with Crippen molar-refractivity contribution in [3.05, 3.63) is 42.7 Å². The number of hydrogen-bond acceptors (Lipinski definition) is 4. The molecule has 0 spiro atoms. The lowest BCUT2D eigenvalue weighted by atomic mass is 10.2. The Labute approximate surface area is 98.1 Å². The zero-order valence-corrected chi connectivity index (χ0v) is 9.33. The zero-order valence-electron chi connectivity index (χ0n) is 9.33. The summed E-state index contributed by atoms with van der Waals surface area (Å²) in [5, 5.41) is 17.6. The summed E-state index contributed by atoms with van der Waals surface area (Å²) in [5.74, 6) is 1.49. The van der Waals surface area contributed by atoms with Crippen LogP contribution < -0.4 is 5.32 Å². The summed E-state index contributed by atoms with van der Waals surface area (Å²) >= 11 is 0. The number of fused-ring (bicyclic) bond motifs is 1. The van der Waals surface area contributed by atoms with Gasteiger partial charge in [-0.15, -0.1) is 5.10 Å². The number of benzene rings is 1. The molecule has 0 aliphatic carbocycles. The maximum Gasteiger partial charge on any atom is 0.162 e. The number of hydrogen-bond donors (Lipinski definition) is 1. The van der Waals surface area contributed by atoms with Gasteiger partial charge in [0.15, 0.2) is 11.6 Å². The van der Waals surface area contributed by atoms with Crippen LogP contribution in [0.5, 0.6) is 0 Å². The topological polar surface area (TPSA) is 55.6 Å². The van der Waals surface area contributed by atoms with E-state index in [9.17, 15) is 0 Å². The second kappa shape index (κ2) is 3.86. The first-order valence-electron chi connectivity index (χ1n) is 5.30. The fourth-order valence-electron chi connectivity index (χ4n) is 1.72. The third-order valence-corrected chi connectivity index (χ3v) is 2.53. The molecule has 0 atom stereocenters. The summed E-state index contributed by atoms with van der Waals surface area (Å²) in [7, 11) is 1.87. The third-order valence-electron chi connectivity index (χ3n) is 2.53. The van der Waals surface area contributed by atoms with Crippen LogP contribution in [0.2, 0.25) is 0 Å². The Hall–Kier alpha value is -2.43. The lowest BCUT2D eigenvalue weighted by molar-refractivity contribution is 0.771. The van der Waals surface area contributed by atoms with Crippen molar-refractivity contribution in [2.45, 2.75) is 0 Å². The maximum atomic E-state index is 4.25. The molecule has 2 heterocycles. The van der Waals surface area contributed by atoms with Gasteiger partial charge in [-0.3, -0.25) is 4.68 Å². The van der Waals surface area contributed by atoms with Crippen molar-refractivity contribution >= 4 is 22.4 Å². The Morgan fingerprint density at radius 2 is 2.06 bits per heavy atom. The van der Waals surface area contributed by atoms with Crippen LogP contribution in [0.25, 0.3) is 10.8 Å². The van der Waals surface area contributed by atoms with E-state index < -0.39 is 0 Å². The first kappa shape index (κ1) is 9.77. The van der Waals surface area contributed by atoms with Gasteiger partial charge in [0.2, 0.25) is 0 Å². The van der Waals surface area contributed by atoms with Crippen LogP contribution in [0.3, 0.4) is 0 Å². The summed E-state index contributed by atoms with van der Waals surface area (Å²) < 4.78 is 1.74. The van der Waals surface area contributed by atoms with Crippen LogP contribution in [-0.4, -0.2) is 20.0 Å². The normalized spacial score (nSPS) is 10.6. The first-order valence-corrected chi connectivity index (χ1v) is 5.30. The number of aromatic nitrogens is 4. The van der Waals surface area contributed by atoms with Gasteiger partial charge in [-0.05, 0) is 0 Å². The Kier molecular flexibility index (Phi) is 2.22. The molecule has 5 nitrogen and oxygen atoms in total. The number of anilines is 2. The van der Waals surface area contributed by atoms with Gasteiger partial charge in [-0.25, -0.2) is 0 Å². The first-order chi connectivity index (χ1) is 8.33. The zero-order chi connectivity index (χ0) is 11.7. The van der Waals surface area contributed by atoms with Crippen LogP contribution in [0.15, 0.2) is 42.7 Å². The molecule has 0 fully saturated rings. The Balaban J connectivity index is 2.05. The van der Waals surface area contributed by atoms with Gasteiger partial charge in [-0.1, -0.05) is 24.3 Å². The molecule has 0 aliphatic rings. The molecule has 0 saturated carbocycles. The van der Waals surface area contributed by atoms with E-state index in [0.717, 1.165) is 22.4 Å². The number of nitrogens with one attached hydrogen (secondary N) is 1. The van der Waals surface area contributed by atoms with Gasteiger partial charge in [0.1, 0.15) is 0 Å². The summed E-state index contributed by atoms with van der Waals surface area (Å²) in [4.78, 5) is 0. The lowest BCUT2D eigenvalue weighted by Crippen LogP contribution is -1.98. The summed E-state index contributed by atoms with van der Waals surface area (Å²) in [6, 6.07) is 9.87. The van der Waals surface area contributed by atoms with Crippen LogP contribution in [-0.2, 0) is 7.05 Å². The molecular weight excluding hydrogens is 214 g/mol. The van der Waals surface area contributed by atoms with E-state index in [0.29, 0.717) is 0 Å². The summed E-state index contributed by atoms with van der Waals surface area (Å²) in [5.41, 5.74) is 0.